The molecule has 1 aliphatic rings. The van der Waals surface area contributed by atoms with Crippen LogP contribution in [0, 0.1) is 5.41 Å². The van der Waals surface area contributed by atoms with Gasteiger partial charge in [0.05, 0.1) is 10.0 Å². The van der Waals surface area contributed by atoms with Gasteiger partial charge in [-0.2, -0.15) is 0 Å². The maximum Gasteiger partial charge on any atom is 0.273 e. The number of aromatic nitrogens is 1. The fourth-order valence-corrected chi connectivity index (χ4v) is 3.75. The van der Waals surface area contributed by atoms with E-state index in [0.717, 1.165) is 23.5 Å². The second-order valence-corrected chi connectivity index (χ2v) is 7.83. The third-order valence-corrected chi connectivity index (χ3v) is 5.86. The Morgan fingerprint density at radius 2 is 2.22 bits per heavy atom. The van der Waals surface area contributed by atoms with Crippen molar-refractivity contribution in [1.82, 2.24) is 9.88 Å². The summed E-state index contributed by atoms with van der Waals surface area (Å²) >= 11 is 13.4. The fraction of sp³-hybridized carbons (Fsp3) is 0.375. The largest absolute Gasteiger partial charge is 0.337 e. The lowest BCUT2D eigenvalue weighted by Crippen LogP contribution is -2.34. The van der Waals surface area contributed by atoms with E-state index in [1.165, 1.54) is 11.3 Å². The van der Waals surface area contributed by atoms with Gasteiger partial charge in [-0.25, -0.2) is 4.98 Å². The van der Waals surface area contributed by atoms with Crippen molar-refractivity contribution < 1.29 is 4.79 Å². The number of carbonyl (C=O) groups is 1. The minimum atomic E-state index is -0.0373. The van der Waals surface area contributed by atoms with Gasteiger partial charge in [-0.3, -0.25) is 4.79 Å². The first-order chi connectivity index (χ1) is 10.9. The average molecular weight is 370 g/mol. The molecule has 1 aliphatic heterocycles. The lowest BCUT2D eigenvalue weighted by atomic mass is 9.90. The summed E-state index contributed by atoms with van der Waals surface area (Å²) in [5, 5.41) is 3.53. The Kier molecular flexibility index (Phi) is 4.65. The minimum absolute atomic E-state index is 0.0121. The lowest BCUT2D eigenvalue weighted by molar-refractivity contribution is 0.0772. The highest BCUT2D eigenvalue weighted by atomic mass is 35.5. The van der Waals surface area contributed by atoms with E-state index in [9.17, 15) is 4.79 Å². The molecule has 0 saturated carbocycles. The molecule has 0 aliphatic carbocycles. The second-order valence-electron chi connectivity index (χ2n) is 6.16. The number of hydrogen-bond donors (Lipinski definition) is 1. The summed E-state index contributed by atoms with van der Waals surface area (Å²) < 4.78 is 0. The molecule has 2 heterocycles. The molecule has 2 aromatic rings. The van der Waals surface area contributed by atoms with Crippen LogP contribution in [-0.2, 0) is 0 Å². The first kappa shape index (κ1) is 16.7. The molecule has 1 atom stereocenters. The highest BCUT2D eigenvalue weighted by Crippen LogP contribution is 2.32. The Balaban J connectivity index is 1.79. The zero-order chi connectivity index (χ0) is 16.6. The normalized spacial score (nSPS) is 21.0. The average Bonchev–Trinajstić information content (AvgIpc) is 3.17. The second kappa shape index (κ2) is 6.40. The summed E-state index contributed by atoms with van der Waals surface area (Å²) in [5.74, 6) is -0.0373. The van der Waals surface area contributed by atoms with Crippen molar-refractivity contribution in [2.75, 3.05) is 19.6 Å². The SMILES string of the molecule is CC1(CN)CCN(C(=O)c2csc(-c3ccc(Cl)c(Cl)c3)n2)C1. The number of amides is 1. The van der Waals surface area contributed by atoms with Crippen LogP contribution in [0.25, 0.3) is 10.6 Å². The molecular formula is C16H17Cl2N3OS. The van der Waals surface area contributed by atoms with Crippen molar-refractivity contribution in [2.24, 2.45) is 11.1 Å². The van der Waals surface area contributed by atoms with E-state index < -0.39 is 0 Å². The van der Waals surface area contributed by atoms with Crippen molar-refractivity contribution >= 4 is 40.4 Å². The Hall–Kier alpha value is -1.14. The highest BCUT2D eigenvalue weighted by molar-refractivity contribution is 7.13. The van der Waals surface area contributed by atoms with Gasteiger partial charge in [-0.15, -0.1) is 11.3 Å². The molecule has 1 aromatic carbocycles. The third kappa shape index (κ3) is 3.38. The molecule has 0 spiro atoms. The van der Waals surface area contributed by atoms with Crippen LogP contribution < -0.4 is 5.73 Å². The van der Waals surface area contributed by atoms with Crippen molar-refractivity contribution in [2.45, 2.75) is 13.3 Å². The van der Waals surface area contributed by atoms with Gasteiger partial charge in [0, 0.05) is 24.0 Å². The summed E-state index contributed by atoms with van der Waals surface area (Å²) in [6, 6.07) is 5.34. The maximum atomic E-state index is 12.6. The number of nitrogens with zero attached hydrogens (tertiary/aromatic N) is 2. The van der Waals surface area contributed by atoms with Crippen LogP contribution in [0.1, 0.15) is 23.8 Å². The van der Waals surface area contributed by atoms with E-state index >= 15 is 0 Å². The summed E-state index contributed by atoms with van der Waals surface area (Å²) in [6.45, 7) is 4.11. The number of carbonyl (C=O) groups excluding carboxylic acids is 1. The standard InChI is InChI=1S/C16H17Cl2N3OS/c1-16(8-19)4-5-21(9-16)15(22)13-7-23-14(20-13)10-2-3-11(17)12(18)6-10/h2-3,6-7H,4-5,8-9,19H2,1H3. The van der Waals surface area contributed by atoms with Gasteiger partial charge in [0.15, 0.2) is 0 Å². The molecule has 7 heteroatoms. The topological polar surface area (TPSA) is 59.2 Å². The van der Waals surface area contributed by atoms with E-state index in [2.05, 4.69) is 11.9 Å². The number of hydrogen-bond acceptors (Lipinski definition) is 4. The summed E-state index contributed by atoms with van der Waals surface area (Å²) in [4.78, 5) is 18.9. The number of rotatable bonds is 3. The van der Waals surface area contributed by atoms with Gasteiger partial charge >= 0.3 is 0 Å². The number of benzene rings is 1. The van der Waals surface area contributed by atoms with Crippen molar-refractivity contribution in [3.8, 4) is 10.6 Å². The Morgan fingerprint density at radius 1 is 1.43 bits per heavy atom. The van der Waals surface area contributed by atoms with Gasteiger partial charge in [-0.1, -0.05) is 36.2 Å². The zero-order valence-corrected chi connectivity index (χ0v) is 15.0. The first-order valence-electron chi connectivity index (χ1n) is 7.32. The predicted molar refractivity (Wildman–Crippen MR) is 95.3 cm³/mol. The molecule has 3 rings (SSSR count). The molecule has 23 heavy (non-hydrogen) atoms. The minimum Gasteiger partial charge on any atom is -0.337 e. The summed E-state index contributed by atoms with van der Waals surface area (Å²) in [6.07, 6.45) is 0.930. The smallest absolute Gasteiger partial charge is 0.273 e. The predicted octanol–water partition coefficient (Wildman–Crippen LogP) is 3.93. The van der Waals surface area contributed by atoms with Crippen molar-refractivity contribution in [3.63, 3.8) is 0 Å². The molecule has 1 amide bonds. The van der Waals surface area contributed by atoms with Gasteiger partial charge in [0.2, 0.25) is 0 Å². The van der Waals surface area contributed by atoms with Gasteiger partial charge in [-0.05, 0) is 30.5 Å². The molecular weight excluding hydrogens is 353 g/mol. The van der Waals surface area contributed by atoms with E-state index in [1.54, 1.807) is 17.5 Å². The van der Waals surface area contributed by atoms with E-state index in [-0.39, 0.29) is 11.3 Å². The third-order valence-electron chi connectivity index (χ3n) is 4.23. The van der Waals surface area contributed by atoms with Crippen LogP contribution in [-0.4, -0.2) is 35.4 Å². The molecule has 4 nitrogen and oxygen atoms in total. The molecule has 0 radical (unpaired) electrons. The molecule has 1 fully saturated rings. The first-order valence-corrected chi connectivity index (χ1v) is 8.96. The number of nitrogens with two attached hydrogens (primary N) is 1. The number of likely N-dealkylation sites (tertiary alicyclic amines) is 1. The number of halogens is 2. The molecule has 0 bridgehead atoms. The lowest BCUT2D eigenvalue weighted by Gasteiger charge is -2.22. The van der Waals surface area contributed by atoms with Crippen LogP contribution in [0.4, 0.5) is 0 Å². The highest BCUT2D eigenvalue weighted by Gasteiger charge is 2.35. The van der Waals surface area contributed by atoms with Crippen molar-refractivity contribution in [3.05, 3.63) is 39.3 Å². The molecule has 122 valence electrons. The van der Waals surface area contributed by atoms with Gasteiger partial charge in [0.1, 0.15) is 10.7 Å². The zero-order valence-electron chi connectivity index (χ0n) is 12.7. The van der Waals surface area contributed by atoms with E-state index in [0.29, 0.717) is 28.8 Å². The fourth-order valence-electron chi connectivity index (χ4n) is 2.66. The summed E-state index contributed by atoms with van der Waals surface area (Å²) in [5.41, 5.74) is 7.14. The maximum absolute atomic E-state index is 12.6. The Labute approximate surface area is 149 Å². The van der Waals surface area contributed by atoms with Crippen LogP contribution in [0.2, 0.25) is 10.0 Å². The molecule has 1 aromatic heterocycles. The van der Waals surface area contributed by atoms with Crippen LogP contribution >= 0.6 is 34.5 Å². The molecule has 1 saturated heterocycles. The molecule has 1 unspecified atom stereocenters. The van der Waals surface area contributed by atoms with Gasteiger partial charge < -0.3 is 10.6 Å². The van der Waals surface area contributed by atoms with Crippen LogP contribution in [0.5, 0.6) is 0 Å². The molecule has 2 N–H and O–H groups in total. The summed E-state index contributed by atoms with van der Waals surface area (Å²) in [7, 11) is 0. The Bertz CT molecular complexity index is 749. The van der Waals surface area contributed by atoms with Crippen LogP contribution in [0.15, 0.2) is 23.6 Å². The quantitative estimate of drug-likeness (QED) is 0.891. The monoisotopic (exact) mass is 369 g/mol. The van der Waals surface area contributed by atoms with Crippen molar-refractivity contribution in [1.29, 1.82) is 0 Å². The number of thiazole rings is 1. The van der Waals surface area contributed by atoms with Gasteiger partial charge in [0.25, 0.3) is 5.91 Å². The van der Waals surface area contributed by atoms with Crippen LogP contribution in [0.3, 0.4) is 0 Å². The van der Waals surface area contributed by atoms with E-state index in [4.69, 9.17) is 28.9 Å². The van der Waals surface area contributed by atoms with E-state index in [1.807, 2.05) is 11.0 Å². The Morgan fingerprint density at radius 3 is 2.87 bits per heavy atom.